The third-order valence-electron chi connectivity index (χ3n) is 1.98. The van der Waals surface area contributed by atoms with Gasteiger partial charge in [0.15, 0.2) is 0 Å². The van der Waals surface area contributed by atoms with Crippen molar-refractivity contribution in [1.82, 2.24) is 0 Å². The fourth-order valence-electron chi connectivity index (χ4n) is 1.21. The summed E-state index contributed by atoms with van der Waals surface area (Å²) in [5.74, 6) is 0. The van der Waals surface area contributed by atoms with E-state index in [1.165, 1.54) is 11.3 Å². The van der Waals surface area contributed by atoms with Gasteiger partial charge in [-0.15, -0.1) is 0 Å². The second-order valence-corrected chi connectivity index (χ2v) is 3.98. The summed E-state index contributed by atoms with van der Waals surface area (Å²) in [6, 6.07) is 11.4. The number of anilines is 1. The van der Waals surface area contributed by atoms with Crippen LogP contribution in [0.25, 0.3) is 0 Å². The molecule has 0 aliphatic rings. The molecule has 0 spiro atoms. The summed E-state index contributed by atoms with van der Waals surface area (Å²) in [5.41, 5.74) is 1.74. The number of amides is 1. The summed E-state index contributed by atoms with van der Waals surface area (Å²) in [7, 11) is 0. The maximum atomic E-state index is 11.4. The molecule has 0 fully saturated rings. The Labute approximate surface area is 126 Å². The van der Waals surface area contributed by atoms with Crippen LogP contribution in [0.1, 0.15) is 5.56 Å². The Bertz CT molecular complexity index is 445. The SMILES string of the molecule is O=C(Nc1ccsc1)OCc1ccccc1.[NaH]. The van der Waals surface area contributed by atoms with Crippen LogP contribution in [0.15, 0.2) is 47.2 Å². The first-order valence-corrected chi connectivity index (χ1v) is 5.79. The zero-order chi connectivity index (χ0) is 11.2. The van der Waals surface area contributed by atoms with Gasteiger partial charge in [-0.05, 0) is 17.0 Å². The van der Waals surface area contributed by atoms with Crippen molar-refractivity contribution in [2.75, 3.05) is 5.32 Å². The van der Waals surface area contributed by atoms with E-state index < -0.39 is 6.09 Å². The van der Waals surface area contributed by atoms with Crippen LogP contribution >= 0.6 is 11.3 Å². The van der Waals surface area contributed by atoms with Crippen molar-refractivity contribution in [1.29, 1.82) is 0 Å². The summed E-state index contributed by atoms with van der Waals surface area (Å²) in [6.07, 6.45) is -0.428. The predicted molar refractivity (Wildman–Crippen MR) is 71.7 cm³/mol. The summed E-state index contributed by atoms with van der Waals surface area (Å²) >= 11 is 1.53. The van der Waals surface area contributed by atoms with Gasteiger partial charge in [0.05, 0.1) is 5.69 Å². The van der Waals surface area contributed by atoms with Crippen molar-refractivity contribution in [3.8, 4) is 0 Å². The molecule has 84 valence electrons. The quantitative estimate of drug-likeness (QED) is 0.859. The number of hydrogen-bond donors (Lipinski definition) is 1. The number of rotatable bonds is 3. The Kier molecular flexibility index (Phi) is 6.29. The van der Waals surface area contributed by atoms with E-state index in [0.29, 0.717) is 0 Å². The maximum absolute atomic E-state index is 11.4. The second-order valence-electron chi connectivity index (χ2n) is 3.20. The molecule has 17 heavy (non-hydrogen) atoms. The van der Waals surface area contributed by atoms with Gasteiger partial charge in [0, 0.05) is 5.38 Å². The van der Waals surface area contributed by atoms with E-state index in [1.807, 2.05) is 47.2 Å². The van der Waals surface area contributed by atoms with E-state index in [9.17, 15) is 4.79 Å². The number of thiophene rings is 1. The van der Waals surface area contributed by atoms with E-state index in [1.54, 1.807) is 0 Å². The normalized spacial score (nSPS) is 9.18. The van der Waals surface area contributed by atoms with E-state index in [-0.39, 0.29) is 36.2 Å². The van der Waals surface area contributed by atoms with Crippen molar-refractivity contribution < 1.29 is 9.53 Å². The Balaban J connectivity index is 0.00000144. The van der Waals surface area contributed by atoms with Crippen LogP contribution in [0.2, 0.25) is 0 Å². The third kappa shape index (κ3) is 4.91. The average Bonchev–Trinajstić information content (AvgIpc) is 2.81. The van der Waals surface area contributed by atoms with Crippen molar-refractivity contribution in [3.63, 3.8) is 0 Å². The molecule has 2 aromatic rings. The summed E-state index contributed by atoms with van der Waals surface area (Å²) in [5, 5.41) is 6.39. The minimum absolute atomic E-state index is 0. The van der Waals surface area contributed by atoms with Crippen LogP contribution in [0.4, 0.5) is 10.5 Å². The van der Waals surface area contributed by atoms with Crippen LogP contribution in [0.5, 0.6) is 0 Å². The molecule has 5 heteroatoms. The van der Waals surface area contributed by atoms with E-state index in [2.05, 4.69) is 5.32 Å². The predicted octanol–water partition coefficient (Wildman–Crippen LogP) is 2.85. The van der Waals surface area contributed by atoms with Crippen LogP contribution in [-0.2, 0) is 11.3 Å². The molecule has 0 saturated carbocycles. The average molecular weight is 257 g/mol. The van der Waals surface area contributed by atoms with Gasteiger partial charge >= 0.3 is 35.7 Å². The first kappa shape index (κ1) is 14.3. The number of benzene rings is 1. The Morgan fingerprint density at radius 1 is 1.24 bits per heavy atom. The monoisotopic (exact) mass is 257 g/mol. The van der Waals surface area contributed by atoms with E-state index >= 15 is 0 Å². The number of ether oxygens (including phenoxy) is 1. The second kappa shape index (κ2) is 7.50. The van der Waals surface area contributed by atoms with Crippen molar-refractivity contribution >= 4 is 52.7 Å². The molecule has 0 aliphatic carbocycles. The zero-order valence-corrected chi connectivity index (χ0v) is 9.37. The van der Waals surface area contributed by atoms with Gasteiger partial charge in [-0.3, -0.25) is 5.32 Å². The molecule has 2 rings (SSSR count). The van der Waals surface area contributed by atoms with Crippen molar-refractivity contribution in [3.05, 3.63) is 52.7 Å². The summed E-state index contributed by atoms with van der Waals surface area (Å²) in [6.45, 7) is 0.289. The number of nitrogens with one attached hydrogen (secondary N) is 1. The molecule has 0 saturated heterocycles. The first-order valence-electron chi connectivity index (χ1n) is 4.84. The van der Waals surface area contributed by atoms with Crippen LogP contribution in [0, 0.1) is 0 Å². The van der Waals surface area contributed by atoms with Gasteiger partial charge in [0.2, 0.25) is 0 Å². The van der Waals surface area contributed by atoms with Gasteiger partial charge < -0.3 is 4.74 Å². The molecular weight excluding hydrogens is 245 g/mol. The fourth-order valence-corrected chi connectivity index (χ4v) is 1.80. The van der Waals surface area contributed by atoms with Crippen molar-refractivity contribution in [2.45, 2.75) is 6.61 Å². The number of hydrogen-bond acceptors (Lipinski definition) is 3. The van der Waals surface area contributed by atoms with E-state index in [0.717, 1.165) is 11.3 Å². The van der Waals surface area contributed by atoms with Crippen LogP contribution in [0.3, 0.4) is 0 Å². The number of carbonyl (C=O) groups excluding carboxylic acids is 1. The van der Waals surface area contributed by atoms with E-state index in [4.69, 9.17) is 4.74 Å². The summed E-state index contributed by atoms with van der Waals surface area (Å²) in [4.78, 5) is 11.4. The first-order chi connectivity index (χ1) is 7.84. The molecule has 0 aliphatic heterocycles. The molecule has 0 atom stereocenters. The minimum atomic E-state index is -0.428. The van der Waals surface area contributed by atoms with Gasteiger partial charge in [-0.1, -0.05) is 30.3 Å². The fraction of sp³-hybridized carbons (Fsp3) is 0.0833. The third-order valence-corrected chi connectivity index (χ3v) is 2.66. The molecule has 0 radical (unpaired) electrons. The standard InChI is InChI=1S/C12H11NO2S.Na.H/c14-12(13-11-6-7-16-9-11)15-8-10-4-2-1-3-5-10;;/h1-7,9H,8H2,(H,13,14);;. The molecular formula is C12H12NNaO2S. The molecule has 3 nitrogen and oxygen atoms in total. The van der Waals surface area contributed by atoms with Crippen LogP contribution in [-0.4, -0.2) is 35.7 Å². The molecule has 1 heterocycles. The topological polar surface area (TPSA) is 38.3 Å². The van der Waals surface area contributed by atoms with Gasteiger partial charge in [-0.25, -0.2) is 4.79 Å². The van der Waals surface area contributed by atoms with Gasteiger partial charge in [-0.2, -0.15) is 11.3 Å². The van der Waals surface area contributed by atoms with Gasteiger partial charge in [0.1, 0.15) is 6.61 Å². The Morgan fingerprint density at radius 3 is 2.65 bits per heavy atom. The zero-order valence-electron chi connectivity index (χ0n) is 8.55. The van der Waals surface area contributed by atoms with Crippen molar-refractivity contribution in [2.24, 2.45) is 0 Å². The molecule has 0 bridgehead atoms. The van der Waals surface area contributed by atoms with Gasteiger partial charge in [0.25, 0.3) is 0 Å². The summed E-state index contributed by atoms with van der Waals surface area (Å²) < 4.78 is 5.06. The molecule has 1 aromatic heterocycles. The molecule has 1 amide bonds. The Morgan fingerprint density at radius 2 is 2.00 bits per heavy atom. The molecule has 1 N–H and O–H groups in total. The Hall–Kier alpha value is -0.810. The number of carbonyl (C=O) groups is 1. The molecule has 0 unspecified atom stereocenters. The molecule has 1 aromatic carbocycles. The van der Waals surface area contributed by atoms with Crippen LogP contribution < -0.4 is 5.32 Å².